The molecule has 0 aliphatic heterocycles. The lowest BCUT2D eigenvalue weighted by atomic mass is 10.2. The van der Waals surface area contributed by atoms with Gasteiger partial charge < -0.3 is 9.30 Å². The van der Waals surface area contributed by atoms with Crippen LogP contribution in [0.1, 0.15) is 17.3 Å². The quantitative estimate of drug-likeness (QED) is 0.506. The standard InChI is InChI=1S/C19H21N3O6S3/c1-3-28-11-10-22-16-9-8-15(31(20,26)27)12-17(16)29-19(22)21-18(23)13-4-6-14(7-5-13)30(2,24)25/h4-9,12H,3,10-11H2,1-2H3,(H2,20,26,27). The average Bonchev–Trinajstić information content (AvgIpc) is 3.03. The van der Waals surface area contributed by atoms with Gasteiger partial charge in [-0.1, -0.05) is 11.3 Å². The van der Waals surface area contributed by atoms with Crippen molar-refractivity contribution >= 4 is 47.3 Å². The number of carbonyl (C=O) groups excluding carboxylic acids is 1. The Morgan fingerprint density at radius 2 is 1.74 bits per heavy atom. The highest BCUT2D eigenvalue weighted by molar-refractivity contribution is 7.90. The number of aromatic nitrogens is 1. The van der Waals surface area contributed by atoms with Gasteiger partial charge in [0.1, 0.15) is 0 Å². The molecule has 166 valence electrons. The van der Waals surface area contributed by atoms with Crippen LogP contribution in [0, 0.1) is 0 Å². The highest BCUT2D eigenvalue weighted by Crippen LogP contribution is 2.21. The van der Waals surface area contributed by atoms with Crippen molar-refractivity contribution < 1.29 is 26.4 Å². The smallest absolute Gasteiger partial charge is 0.279 e. The van der Waals surface area contributed by atoms with E-state index in [9.17, 15) is 21.6 Å². The van der Waals surface area contributed by atoms with Crippen LogP contribution in [-0.4, -0.2) is 46.8 Å². The number of carbonyl (C=O) groups is 1. The second kappa shape index (κ2) is 9.01. The Kier molecular flexibility index (Phi) is 6.76. The number of rotatable bonds is 7. The van der Waals surface area contributed by atoms with Crippen LogP contribution in [0.4, 0.5) is 0 Å². The number of nitrogens with zero attached hydrogens (tertiary/aromatic N) is 2. The fraction of sp³-hybridized carbons (Fsp3) is 0.263. The molecule has 12 heteroatoms. The van der Waals surface area contributed by atoms with Crippen LogP contribution in [-0.2, 0) is 31.1 Å². The van der Waals surface area contributed by atoms with Crippen molar-refractivity contribution in [3.63, 3.8) is 0 Å². The maximum atomic E-state index is 12.7. The fourth-order valence-corrected chi connectivity index (χ4v) is 5.17. The largest absolute Gasteiger partial charge is 0.380 e. The van der Waals surface area contributed by atoms with Crippen LogP contribution in [0.25, 0.3) is 10.2 Å². The molecule has 0 saturated carbocycles. The molecule has 1 heterocycles. The lowest BCUT2D eigenvalue weighted by Gasteiger charge is -2.06. The normalized spacial score (nSPS) is 13.1. The molecule has 0 saturated heterocycles. The maximum absolute atomic E-state index is 12.7. The van der Waals surface area contributed by atoms with Gasteiger partial charge in [-0.2, -0.15) is 4.99 Å². The maximum Gasteiger partial charge on any atom is 0.279 e. The number of ether oxygens (including phenoxy) is 1. The summed E-state index contributed by atoms with van der Waals surface area (Å²) >= 11 is 1.15. The molecular weight excluding hydrogens is 462 g/mol. The van der Waals surface area contributed by atoms with Crippen molar-refractivity contribution in [1.29, 1.82) is 0 Å². The van der Waals surface area contributed by atoms with Gasteiger partial charge in [0.25, 0.3) is 5.91 Å². The number of thiazole rings is 1. The van der Waals surface area contributed by atoms with Crippen molar-refractivity contribution in [1.82, 2.24) is 4.57 Å². The number of nitrogens with two attached hydrogens (primary N) is 1. The van der Waals surface area contributed by atoms with E-state index in [-0.39, 0.29) is 15.4 Å². The molecule has 3 rings (SSSR count). The summed E-state index contributed by atoms with van der Waals surface area (Å²) in [6.07, 6.45) is 1.09. The summed E-state index contributed by atoms with van der Waals surface area (Å²) in [5.74, 6) is -0.552. The van der Waals surface area contributed by atoms with Crippen molar-refractivity contribution in [3.05, 3.63) is 52.8 Å². The summed E-state index contributed by atoms with van der Waals surface area (Å²) in [4.78, 5) is 17.3. The molecule has 1 aromatic heterocycles. The molecule has 3 aromatic rings. The van der Waals surface area contributed by atoms with E-state index in [0.29, 0.717) is 34.8 Å². The number of hydrogen-bond donors (Lipinski definition) is 1. The lowest BCUT2D eigenvalue weighted by molar-refractivity contribution is 0.0996. The summed E-state index contributed by atoms with van der Waals surface area (Å²) in [5.41, 5.74) is 0.919. The fourth-order valence-electron chi connectivity index (χ4n) is 2.83. The summed E-state index contributed by atoms with van der Waals surface area (Å²) in [6, 6.07) is 9.96. The second-order valence-electron chi connectivity index (χ2n) is 6.62. The van der Waals surface area contributed by atoms with Gasteiger partial charge in [-0.3, -0.25) is 4.79 Å². The predicted octanol–water partition coefficient (Wildman–Crippen LogP) is 1.53. The first-order valence-electron chi connectivity index (χ1n) is 9.14. The average molecular weight is 484 g/mol. The Morgan fingerprint density at radius 3 is 2.32 bits per heavy atom. The van der Waals surface area contributed by atoms with E-state index < -0.39 is 25.8 Å². The number of sulfonamides is 1. The Balaban J connectivity index is 2.08. The molecule has 2 N–H and O–H groups in total. The van der Waals surface area contributed by atoms with Gasteiger partial charge in [0.2, 0.25) is 10.0 Å². The molecule has 0 atom stereocenters. The van der Waals surface area contributed by atoms with Crippen molar-refractivity contribution in [2.75, 3.05) is 19.5 Å². The number of sulfone groups is 1. The van der Waals surface area contributed by atoms with Gasteiger partial charge in [0, 0.05) is 25.0 Å². The Labute approximate surface area is 183 Å². The first-order valence-corrected chi connectivity index (χ1v) is 13.4. The first-order chi connectivity index (χ1) is 14.5. The van der Waals surface area contributed by atoms with E-state index in [0.717, 1.165) is 17.6 Å². The zero-order valence-electron chi connectivity index (χ0n) is 16.8. The molecule has 0 unspecified atom stereocenters. The molecule has 0 radical (unpaired) electrons. The van der Waals surface area contributed by atoms with E-state index in [1.54, 1.807) is 10.6 Å². The summed E-state index contributed by atoms with van der Waals surface area (Å²) < 4.78 is 54.3. The number of fused-ring (bicyclic) bond motifs is 1. The molecule has 31 heavy (non-hydrogen) atoms. The van der Waals surface area contributed by atoms with Crippen molar-refractivity contribution in [2.24, 2.45) is 10.1 Å². The minimum atomic E-state index is -3.87. The van der Waals surface area contributed by atoms with Crippen LogP contribution < -0.4 is 9.94 Å². The molecule has 9 nitrogen and oxygen atoms in total. The summed E-state index contributed by atoms with van der Waals surface area (Å²) in [6.45, 7) is 3.17. The third kappa shape index (κ3) is 5.46. The molecule has 2 aromatic carbocycles. The SMILES string of the molecule is CCOCCn1c(=NC(=O)c2ccc(S(C)(=O)=O)cc2)sc2cc(S(N)(=O)=O)ccc21. The third-order valence-corrected chi connectivity index (χ3v) is 7.45. The van der Waals surface area contributed by atoms with E-state index in [2.05, 4.69) is 4.99 Å². The van der Waals surface area contributed by atoms with Crippen LogP contribution in [0.5, 0.6) is 0 Å². The van der Waals surface area contributed by atoms with Crippen LogP contribution >= 0.6 is 11.3 Å². The monoisotopic (exact) mass is 483 g/mol. The van der Waals surface area contributed by atoms with Gasteiger partial charge in [-0.05, 0) is 49.4 Å². The molecular formula is C19H21N3O6S3. The molecule has 0 fully saturated rings. The number of primary sulfonamides is 1. The summed E-state index contributed by atoms with van der Waals surface area (Å²) in [7, 11) is -7.25. The highest BCUT2D eigenvalue weighted by atomic mass is 32.2. The highest BCUT2D eigenvalue weighted by Gasteiger charge is 2.14. The van der Waals surface area contributed by atoms with Crippen LogP contribution in [0.15, 0.2) is 57.2 Å². The number of hydrogen-bond acceptors (Lipinski definition) is 7. The van der Waals surface area contributed by atoms with Crippen LogP contribution in [0.3, 0.4) is 0 Å². The van der Waals surface area contributed by atoms with E-state index in [1.165, 1.54) is 36.4 Å². The van der Waals surface area contributed by atoms with Gasteiger partial charge >= 0.3 is 0 Å². The molecule has 1 amide bonds. The first kappa shape index (κ1) is 23.3. The predicted molar refractivity (Wildman–Crippen MR) is 117 cm³/mol. The van der Waals surface area contributed by atoms with Gasteiger partial charge in [0.05, 0.1) is 26.6 Å². The third-order valence-electron chi connectivity index (χ3n) is 4.37. The Hall–Kier alpha value is -2.38. The zero-order chi connectivity index (χ0) is 22.8. The molecule has 0 aliphatic rings. The van der Waals surface area contributed by atoms with Crippen LogP contribution in [0.2, 0.25) is 0 Å². The lowest BCUT2D eigenvalue weighted by Crippen LogP contribution is -2.19. The van der Waals surface area contributed by atoms with Crippen molar-refractivity contribution in [3.8, 4) is 0 Å². The molecule has 0 spiro atoms. The molecule has 0 bridgehead atoms. The Bertz CT molecular complexity index is 1400. The molecule has 0 aliphatic carbocycles. The van der Waals surface area contributed by atoms with Crippen molar-refractivity contribution in [2.45, 2.75) is 23.3 Å². The van der Waals surface area contributed by atoms with Gasteiger partial charge in [0.15, 0.2) is 14.6 Å². The minimum absolute atomic E-state index is 0.0348. The van der Waals surface area contributed by atoms with Gasteiger partial charge in [-0.25, -0.2) is 22.0 Å². The van der Waals surface area contributed by atoms with E-state index in [1.807, 2.05) is 6.92 Å². The zero-order valence-corrected chi connectivity index (χ0v) is 19.3. The topological polar surface area (TPSA) is 138 Å². The van der Waals surface area contributed by atoms with Gasteiger partial charge in [-0.15, -0.1) is 0 Å². The summed E-state index contributed by atoms with van der Waals surface area (Å²) in [5, 5.41) is 5.22. The Morgan fingerprint density at radius 1 is 1.10 bits per heavy atom. The minimum Gasteiger partial charge on any atom is -0.380 e. The number of amides is 1. The number of benzene rings is 2. The second-order valence-corrected chi connectivity index (χ2v) is 11.2. The van der Waals surface area contributed by atoms with E-state index in [4.69, 9.17) is 9.88 Å². The van der Waals surface area contributed by atoms with E-state index >= 15 is 0 Å².